The molecule has 0 spiro atoms. The van der Waals surface area contributed by atoms with Crippen LogP contribution in [-0.2, 0) is 19.1 Å². The van der Waals surface area contributed by atoms with Crippen LogP contribution in [0.2, 0.25) is 0 Å². The minimum absolute atomic E-state index is 0.142. The summed E-state index contributed by atoms with van der Waals surface area (Å²) in [5.41, 5.74) is -2.14. The molecule has 0 saturated heterocycles. The molecule has 1 atom stereocenters. The Morgan fingerprint density at radius 3 is 2.57 bits per heavy atom. The fraction of sp³-hybridized carbons (Fsp3) is 0.500. The number of hydrogen-bond acceptors (Lipinski definition) is 5. The SMILES string of the molecule is COC(=O)[C@@]1(O)C(OC)=CC(=O)N1C. The first-order valence-electron chi connectivity index (χ1n) is 3.83. The lowest BCUT2D eigenvalue weighted by Crippen LogP contribution is -2.53. The average molecular weight is 201 g/mol. The Hall–Kier alpha value is -1.56. The third-order valence-electron chi connectivity index (χ3n) is 2.10. The maximum Gasteiger partial charge on any atom is 0.368 e. The van der Waals surface area contributed by atoms with Crippen LogP contribution in [-0.4, -0.2) is 48.9 Å². The van der Waals surface area contributed by atoms with Gasteiger partial charge in [0.25, 0.3) is 11.6 Å². The predicted octanol–water partition coefficient (Wildman–Crippen LogP) is -1.15. The summed E-state index contributed by atoms with van der Waals surface area (Å²) in [6, 6.07) is 0. The Kier molecular flexibility index (Phi) is 2.48. The number of aliphatic hydroxyl groups is 1. The molecule has 0 saturated carbocycles. The van der Waals surface area contributed by atoms with Gasteiger partial charge in [0.1, 0.15) is 0 Å². The van der Waals surface area contributed by atoms with E-state index in [0.717, 1.165) is 18.1 Å². The number of carbonyl (C=O) groups excluding carboxylic acids is 2. The molecule has 1 aliphatic heterocycles. The van der Waals surface area contributed by atoms with Crippen molar-refractivity contribution in [1.29, 1.82) is 0 Å². The molecule has 0 aromatic carbocycles. The van der Waals surface area contributed by atoms with Crippen LogP contribution >= 0.6 is 0 Å². The number of carbonyl (C=O) groups is 2. The lowest BCUT2D eigenvalue weighted by atomic mass is 10.2. The highest BCUT2D eigenvalue weighted by Gasteiger charge is 2.53. The Labute approximate surface area is 80.7 Å². The van der Waals surface area contributed by atoms with Crippen LogP contribution < -0.4 is 0 Å². The summed E-state index contributed by atoms with van der Waals surface area (Å²) in [5.74, 6) is -1.62. The van der Waals surface area contributed by atoms with Gasteiger partial charge >= 0.3 is 5.97 Å². The van der Waals surface area contributed by atoms with Gasteiger partial charge in [-0.1, -0.05) is 0 Å². The molecular formula is C8H11NO5. The molecule has 1 aliphatic rings. The minimum atomic E-state index is -2.14. The number of amides is 1. The van der Waals surface area contributed by atoms with Gasteiger partial charge in [0, 0.05) is 13.1 Å². The number of esters is 1. The van der Waals surface area contributed by atoms with Crippen molar-refractivity contribution in [2.24, 2.45) is 0 Å². The molecule has 0 aliphatic carbocycles. The second kappa shape index (κ2) is 3.30. The highest BCUT2D eigenvalue weighted by Crippen LogP contribution is 2.28. The smallest absolute Gasteiger partial charge is 0.368 e. The zero-order chi connectivity index (χ0) is 10.9. The third-order valence-corrected chi connectivity index (χ3v) is 2.10. The predicted molar refractivity (Wildman–Crippen MR) is 44.8 cm³/mol. The summed E-state index contributed by atoms with van der Waals surface area (Å²) < 4.78 is 9.12. The van der Waals surface area contributed by atoms with Crippen molar-refractivity contribution in [3.05, 3.63) is 11.8 Å². The Morgan fingerprint density at radius 2 is 2.14 bits per heavy atom. The molecule has 6 nitrogen and oxygen atoms in total. The summed E-state index contributed by atoms with van der Waals surface area (Å²) in [5, 5.41) is 9.90. The Morgan fingerprint density at radius 1 is 1.57 bits per heavy atom. The van der Waals surface area contributed by atoms with Crippen LogP contribution in [0.25, 0.3) is 0 Å². The number of methoxy groups -OCH3 is 2. The van der Waals surface area contributed by atoms with Crippen LogP contribution in [0.15, 0.2) is 11.8 Å². The van der Waals surface area contributed by atoms with Crippen LogP contribution in [0.1, 0.15) is 0 Å². The van der Waals surface area contributed by atoms with E-state index in [1.54, 1.807) is 0 Å². The molecule has 14 heavy (non-hydrogen) atoms. The van der Waals surface area contributed by atoms with Crippen LogP contribution in [0, 0.1) is 0 Å². The summed E-state index contributed by atoms with van der Waals surface area (Å²) in [6.07, 6.45) is 1.04. The van der Waals surface area contributed by atoms with Gasteiger partial charge in [-0.05, 0) is 0 Å². The summed E-state index contributed by atoms with van der Waals surface area (Å²) in [7, 11) is 3.65. The molecule has 1 amide bonds. The molecule has 1 heterocycles. The lowest BCUT2D eigenvalue weighted by molar-refractivity contribution is -0.181. The van der Waals surface area contributed by atoms with E-state index in [-0.39, 0.29) is 5.76 Å². The monoisotopic (exact) mass is 201 g/mol. The molecule has 1 rings (SSSR count). The van der Waals surface area contributed by atoms with E-state index >= 15 is 0 Å². The van der Waals surface area contributed by atoms with E-state index < -0.39 is 17.6 Å². The molecule has 0 bridgehead atoms. The maximum atomic E-state index is 11.3. The molecule has 0 aromatic heterocycles. The van der Waals surface area contributed by atoms with E-state index in [0.29, 0.717) is 0 Å². The molecule has 78 valence electrons. The highest BCUT2D eigenvalue weighted by atomic mass is 16.6. The van der Waals surface area contributed by atoms with E-state index in [4.69, 9.17) is 4.74 Å². The lowest BCUT2D eigenvalue weighted by Gasteiger charge is -2.28. The van der Waals surface area contributed by atoms with Gasteiger partial charge in [-0.3, -0.25) is 9.69 Å². The molecule has 0 aromatic rings. The van der Waals surface area contributed by atoms with Gasteiger partial charge in [-0.15, -0.1) is 0 Å². The van der Waals surface area contributed by atoms with Crippen molar-refractivity contribution in [3.8, 4) is 0 Å². The zero-order valence-electron chi connectivity index (χ0n) is 8.10. The quantitative estimate of drug-likeness (QED) is 0.571. The van der Waals surface area contributed by atoms with Gasteiger partial charge in [-0.2, -0.15) is 0 Å². The number of hydrogen-bond donors (Lipinski definition) is 1. The maximum absolute atomic E-state index is 11.3. The fourth-order valence-electron chi connectivity index (χ4n) is 1.22. The fourth-order valence-corrected chi connectivity index (χ4v) is 1.22. The van der Waals surface area contributed by atoms with Crippen LogP contribution in [0.5, 0.6) is 0 Å². The molecule has 1 N–H and O–H groups in total. The second-order valence-electron chi connectivity index (χ2n) is 2.77. The summed E-state index contributed by atoms with van der Waals surface area (Å²) >= 11 is 0. The zero-order valence-corrected chi connectivity index (χ0v) is 8.10. The van der Waals surface area contributed by atoms with Crippen molar-refractivity contribution < 1.29 is 24.2 Å². The summed E-state index contributed by atoms with van der Waals surface area (Å²) in [4.78, 5) is 23.3. The minimum Gasteiger partial charge on any atom is -0.495 e. The number of ether oxygens (including phenoxy) is 2. The van der Waals surface area contributed by atoms with Crippen LogP contribution in [0.4, 0.5) is 0 Å². The van der Waals surface area contributed by atoms with Crippen LogP contribution in [0.3, 0.4) is 0 Å². The van der Waals surface area contributed by atoms with Crippen molar-refractivity contribution in [1.82, 2.24) is 4.90 Å². The highest BCUT2D eigenvalue weighted by molar-refractivity contribution is 5.99. The Bertz CT molecular complexity index is 311. The van der Waals surface area contributed by atoms with E-state index in [1.807, 2.05) is 0 Å². The topological polar surface area (TPSA) is 76.1 Å². The van der Waals surface area contributed by atoms with E-state index in [1.165, 1.54) is 14.2 Å². The number of rotatable bonds is 2. The van der Waals surface area contributed by atoms with Crippen molar-refractivity contribution in [2.75, 3.05) is 21.3 Å². The van der Waals surface area contributed by atoms with Gasteiger partial charge in [0.15, 0.2) is 5.76 Å². The average Bonchev–Trinajstić information content (AvgIpc) is 2.42. The van der Waals surface area contributed by atoms with E-state index in [2.05, 4.69) is 4.74 Å². The van der Waals surface area contributed by atoms with Crippen molar-refractivity contribution in [3.63, 3.8) is 0 Å². The first-order valence-corrected chi connectivity index (χ1v) is 3.83. The van der Waals surface area contributed by atoms with Gasteiger partial charge < -0.3 is 14.6 Å². The first-order chi connectivity index (χ1) is 6.48. The standard InChI is InChI=1S/C8H11NO5/c1-9-6(10)4-5(13-2)8(9,12)7(11)14-3/h4,12H,1-3H3/t8-/m0/s1. The normalized spacial score (nSPS) is 26.1. The van der Waals surface area contributed by atoms with Gasteiger partial charge in [0.05, 0.1) is 14.2 Å². The second-order valence-corrected chi connectivity index (χ2v) is 2.77. The first kappa shape index (κ1) is 10.5. The largest absolute Gasteiger partial charge is 0.495 e. The van der Waals surface area contributed by atoms with Gasteiger partial charge in [-0.25, -0.2) is 4.79 Å². The van der Waals surface area contributed by atoms with Crippen molar-refractivity contribution >= 4 is 11.9 Å². The van der Waals surface area contributed by atoms with Crippen molar-refractivity contribution in [2.45, 2.75) is 5.72 Å². The third kappa shape index (κ3) is 1.15. The summed E-state index contributed by atoms with van der Waals surface area (Å²) in [6.45, 7) is 0. The van der Waals surface area contributed by atoms with E-state index in [9.17, 15) is 14.7 Å². The molecule has 6 heteroatoms. The molecular weight excluding hydrogens is 190 g/mol. The Balaban J connectivity index is 3.13. The number of nitrogens with zero attached hydrogens (tertiary/aromatic N) is 1. The van der Waals surface area contributed by atoms with Gasteiger partial charge in [0.2, 0.25) is 0 Å². The molecule has 0 fully saturated rings. The molecule has 0 unspecified atom stereocenters. The molecule has 0 radical (unpaired) electrons. The number of likely N-dealkylation sites (N-methyl/N-ethyl adjacent to an activating group) is 1.